The Morgan fingerprint density at radius 2 is 1.32 bits per heavy atom. The summed E-state index contributed by atoms with van der Waals surface area (Å²) in [5.41, 5.74) is 0. The molecule has 0 aliphatic heterocycles. The van der Waals surface area contributed by atoms with E-state index in [1.54, 1.807) is 0 Å². The molecule has 0 heterocycles. The SMILES string of the molecule is CCCCCCCCCCCCCOCC(Cl)CO. The number of alkyl halides is 1. The molecule has 1 unspecified atom stereocenters. The minimum absolute atomic E-state index is 0.000187. The van der Waals surface area contributed by atoms with Gasteiger partial charge in [0.05, 0.1) is 18.6 Å². The molecule has 0 aromatic rings. The van der Waals surface area contributed by atoms with Gasteiger partial charge in [-0.2, -0.15) is 0 Å². The van der Waals surface area contributed by atoms with Crippen LogP contribution >= 0.6 is 11.6 Å². The highest BCUT2D eigenvalue weighted by molar-refractivity contribution is 6.20. The second-order valence-electron chi connectivity index (χ2n) is 5.39. The maximum Gasteiger partial charge on any atom is 0.0800 e. The Balaban J connectivity index is 2.95. The van der Waals surface area contributed by atoms with Crippen LogP contribution in [0, 0.1) is 0 Å². The number of halogens is 1. The number of rotatable bonds is 15. The Labute approximate surface area is 124 Å². The van der Waals surface area contributed by atoms with Gasteiger partial charge in [0.25, 0.3) is 0 Å². The molecule has 0 radical (unpaired) electrons. The molecule has 0 saturated heterocycles. The Kier molecular flexibility index (Phi) is 16.4. The minimum Gasteiger partial charge on any atom is -0.395 e. The zero-order chi connectivity index (χ0) is 14.2. The average Bonchev–Trinajstić information content (AvgIpc) is 2.43. The normalized spacial score (nSPS) is 12.8. The molecular weight excluding hydrogens is 260 g/mol. The third-order valence-corrected chi connectivity index (χ3v) is 3.65. The average molecular weight is 293 g/mol. The Hall–Kier alpha value is 0.210. The second-order valence-corrected chi connectivity index (χ2v) is 6.01. The van der Waals surface area contributed by atoms with Crippen molar-refractivity contribution in [3.8, 4) is 0 Å². The first kappa shape index (κ1) is 19.2. The molecule has 0 aliphatic carbocycles. The molecule has 0 aromatic carbocycles. The van der Waals surface area contributed by atoms with Crippen LogP contribution < -0.4 is 0 Å². The third-order valence-electron chi connectivity index (χ3n) is 3.39. The molecule has 0 aliphatic rings. The fourth-order valence-electron chi connectivity index (χ4n) is 2.13. The first-order valence-corrected chi connectivity index (χ1v) is 8.57. The Bertz CT molecular complexity index is 165. The van der Waals surface area contributed by atoms with Crippen molar-refractivity contribution >= 4 is 11.6 Å². The van der Waals surface area contributed by atoms with Crippen LogP contribution in [-0.2, 0) is 4.74 Å². The van der Waals surface area contributed by atoms with Crippen molar-refractivity contribution in [1.29, 1.82) is 0 Å². The first-order chi connectivity index (χ1) is 9.31. The molecule has 19 heavy (non-hydrogen) atoms. The molecule has 0 amide bonds. The summed E-state index contributed by atoms with van der Waals surface area (Å²) in [7, 11) is 0. The minimum atomic E-state index is -0.243. The lowest BCUT2D eigenvalue weighted by Gasteiger charge is -2.07. The number of aliphatic hydroxyl groups is 1. The maximum atomic E-state index is 8.71. The van der Waals surface area contributed by atoms with Crippen molar-refractivity contribution in [3.63, 3.8) is 0 Å². The van der Waals surface area contributed by atoms with Crippen LogP contribution in [0.4, 0.5) is 0 Å². The molecule has 3 heteroatoms. The molecular formula is C16H33ClO2. The van der Waals surface area contributed by atoms with Crippen molar-refractivity contribution in [1.82, 2.24) is 0 Å². The largest absolute Gasteiger partial charge is 0.395 e. The summed E-state index contributed by atoms with van der Waals surface area (Å²) < 4.78 is 5.38. The van der Waals surface area contributed by atoms with Gasteiger partial charge in [-0.3, -0.25) is 0 Å². The van der Waals surface area contributed by atoms with Gasteiger partial charge in [0.1, 0.15) is 0 Å². The first-order valence-electron chi connectivity index (χ1n) is 8.14. The quantitative estimate of drug-likeness (QED) is 0.343. The Morgan fingerprint density at radius 1 is 0.842 bits per heavy atom. The fourth-order valence-corrected chi connectivity index (χ4v) is 2.22. The van der Waals surface area contributed by atoms with Crippen molar-refractivity contribution in [3.05, 3.63) is 0 Å². The molecule has 0 rings (SSSR count). The molecule has 0 fully saturated rings. The smallest absolute Gasteiger partial charge is 0.0800 e. The fraction of sp³-hybridized carbons (Fsp3) is 1.00. The predicted octanol–water partition coefficient (Wildman–Crippen LogP) is 4.91. The summed E-state index contributed by atoms with van der Waals surface area (Å²) in [4.78, 5) is 0. The van der Waals surface area contributed by atoms with Gasteiger partial charge in [0.15, 0.2) is 0 Å². The predicted molar refractivity (Wildman–Crippen MR) is 84.0 cm³/mol. The van der Waals surface area contributed by atoms with E-state index in [1.807, 2.05) is 0 Å². The molecule has 0 bridgehead atoms. The summed E-state index contributed by atoms with van der Waals surface area (Å²) >= 11 is 5.73. The monoisotopic (exact) mass is 292 g/mol. The molecule has 2 nitrogen and oxygen atoms in total. The van der Waals surface area contributed by atoms with E-state index in [1.165, 1.54) is 64.2 Å². The highest BCUT2D eigenvalue weighted by atomic mass is 35.5. The van der Waals surface area contributed by atoms with E-state index in [0.717, 1.165) is 13.0 Å². The van der Waals surface area contributed by atoms with Gasteiger partial charge in [-0.15, -0.1) is 11.6 Å². The maximum absolute atomic E-state index is 8.71. The number of ether oxygens (including phenoxy) is 1. The van der Waals surface area contributed by atoms with Crippen LogP contribution in [0.15, 0.2) is 0 Å². The van der Waals surface area contributed by atoms with Crippen molar-refractivity contribution in [2.45, 2.75) is 82.9 Å². The van der Waals surface area contributed by atoms with Crippen molar-refractivity contribution in [2.75, 3.05) is 19.8 Å². The van der Waals surface area contributed by atoms with E-state index in [9.17, 15) is 0 Å². The van der Waals surface area contributed by atoms with Gasteiger partial charge < -0.3 is 9.84 Å². The lowest BCUT2D eigenvalue weighted by atomic mass is 10.1. The van der Waals surface area contributed by atoms with Crippen LogP contribution in [0.1, 0.15) is 77.6 Å². The van der Waals surface area contributed by atoms with Gasteiger partial charge >= 0.3 is 0 Å². The summed E-state index contributed by atoms with van der Waals surface area (Å²) in [6.07, 6.45) is 14.9. The molecule has 116 valence electrons. The summed E-state index contributed by atoms with van der Waals surface area (Å²) in [6, 6.07) is 0. The van der Waals surface area contributed by atoms with Crippen LogP contribution in [0.5, 0.6) is 0 Å². The topological polar surface area (TPSA) is 29.5 Å². The standard InChI is InChI=1S/C16H33ClO2/c1-2-3-4-5-6-7-8-9-10-11-12-13-19-15-16(17)14-18/h16,18H,2-15H2,1H3. The number of hydrogen-bond donors (Lipinski definition) is 1. The number of unbranched alkanes of at least 4 members (excludes halogenated alkanes) is 10. The van der Waals surface area contributed by atoms with E-state index >= 15 is 0 Å². The molecule has 0 spiro atoms. The zero-order valence-corrected chi connectivity index (χ0v) is 13.5. The van der Waals surface area contributed by atoms with Crippen molar-refractivity contribution in [2.24, 2.45) is 0 Å². The van der Waals surface area contributed by atoms with Crippen LogP contribution in [0.25, 0.3) is 0 Å². The zero-order valence-electron chi connectivity index (χ0n) is 12.7. The van der Waals surface area contributed by atoms with E-state index in [4.69, 9.17) is 21.4 Å². The highest BCUT2D eigenvalue weighted by Gasteiger charge is 2.01. The molecule has 1 atom stereocenters. The molecule has 1 N–H and O–H groups in total. The lowest BCUT2D eigenvalue weighted by Crippen LogP contribution is -2.13. The van der Waals surface area contributed by atoms with Crippen LogP contribution in [0.2, 0.25) is 0 Å². The highest BCUT2D eigenvalue weighted by Crippen LogP contribution is 2.11. The third kappa shape index (κ3) is 16.2. The molecule has 0 aromatic heterocycles. The summed E-state index contributed by atoms with van der Waals surface area (Å²) in [5, 5.41) is 8.47. The molecule has 0 saturated carbocycles. The van der Waals surface area contributed by atoms with Gasteiger partial charge in [-0.25, -0.2) is 0 Å². The second kappa shape index (κ2) is 16.3. The van der Waals surface area contributed by atoms with Gasteiger partial charge in [-0.05, 0) is 6.42 Å². The van der Waals surface area contributed by atoms with E-state index < -0.39 is 0 Å². The number of aliphatic hydroxyl groups excluding tert-OH is 1. The lowest BCUT2D eigenvalue weighted by molar-refractivity contribution is 0.115. The van der Waals surface area contributed by atoms with E-state index in [0.29, 0.717) is 6.61 Å². The van der Waals surface area contributed by atoms with Gasteiger partial charge in [0.2, 0.25) is 0 Å². The van der Waals surface area contributed by atoms with E-state index in [-0.39, 0.29) is 12.0 Å². The van der Waals surface area contributed by atoms with Gasteiger partial charge in [-0.1, -0.05) is 71.1 Å². The van der Waals surface area contributed by atoms with Crippen molar-refractivity contribution < 1.29 is 9.84 Å². The Morgan fingerprint density at radius 3 is 1.79 bits per heavy atom. The van der Waals surface area contributed by atoms with Crippen LogP contribution in [-0.4, -0.2) is 30.3 Å². The summed E-state index contributed by atoms with van der Waals surface area (Å²) in [6.45, 7) is 3.51. The number of hydrogen-bond acceptors (Lipinski definition) is 2. The van der Waals surface area contributed by atoms with Gasteiger partial charge in [0, 0.05) is 6.61 Å². The van der Waals surface area contributed by atoms with E-state index in [2.05, 4.69) is 6.92 Å². The summed E-state index contributed by atoms with van der Waals surface area (Å²) in [5.74, 6) is 0. The van der Waals surface area contributed by atoms with Crippen LogP contribution in [0.3, 0.4) is 0 Å².